The van der Waals surface area contributed by atoms with E-state index in [1.807, 2.05) is 38.4 Å². The van der Waals surface area contributed by atoms with Crippen LogP contribution >= 0.6 is 0 Å². The molecule has 2 N–H and O–H groups in total. The zero-order valence-electron chi connectivity index (χ0n) is 11.5. The van der Waals surface area contributed by atoms with Gasteiger partial charge >= 0.3 is 0 Å². The van der Waals surface area contributed by atoms with E-state index >= 15 is 0 Å². The second kappa shape index (κ2) is 6.33. The van der Waals surface area contributed by atoms with Gasteiger partial charge in [-0.25, -0.2) is 0 Å². The van der Waals surface area contributed by atoms with Crippen molar-refractivity contribution in [2.45, 2.75) is 19.3 Å². The molecule has 0 spiro atoms. The van der Waals surface area contributed by atoms with Gasteiger partial charge in [-0.2, -0.15) is 4.98 Å². The minimum atomic E-state index is 0.700. The summed E-state index contributed by atoms with van der Waals surface area (Å²) in [5.74, 6) is 1.48. The summed E-state index contributed by atoms with van der Waals surface area (Å²) in [7, 11) is 4.06. The van der Waals surface area contributed by atoms with E-state index in [2.05, 4.69) is 15.0 Å². The number of nitrogens with two attached hydrogens (primary N) is 1. The first-order valence-electron chi connectivity index (χ1n) is 6.44. The number of rotatable bonds is 6. The fraction of sp³-hybridized carbons (Fsp3) is 0.429. The number of benzene rings is 1. The van der Waals surface area contributed by atoms with Crippen molar-refractivity contribution in [3.8, 4) is 0 Å². The highest BCUT2D eigenvalue weighted by Crippen LogP contribution is 2.09. The van der Waals surface area contributed by atoms with E-state index in [1.54, 1.807) is 0 Å². The molecule has 0 aliphatic rings. The maximum Gasteiger partial charge on any atom is 0.226 e. The van der Waals surface area contributed by atoms with Crippen LogP contribution in [0.15, 0.2) is 28.8 Å². The number of likely N-dealkylation sites (N-methyl/N-ethyl adjacent to an activating group) is 1. The largest absolute Gasteiger partial charge is 0.399 e. The highest BCUT2D eigenvalue weighted by atomic mass is 16.5. The van der Waals surface area contributed by atoms with Gasteiger partial charge in [0.05, 0.1) is 0 Å². The molecule has 0 fully saturated rings. The molecule has 19 heavy (non-hydrogen) atoms. The van der Waals surface area contributed by atoms with E-state index in [4.69, 9.17) is 10.3 Å². The Bertz CT molecular complexity index is 504. The Kier molecular flexibility index (Phi) is 4.52. The zero-order valence-corrected chi connectivity index (χ0v) is 11.5. The molecule has 0 saturated carbocycles. The summed E-state index contributed by atoms with van der Waals surface area (Å²) in [5.41, 5.74) is 7.66. The van der Waals surface area contributed by atoms with Gasteiger partial charge in [0.25, 0.3) is 0 Å². The third-order valence-corrected chi connectivity index (χ3v) is 2.90. The van der Waals surface area contributed by atoms with Crippen molar-refractivity contribution in [2.75, 3.05) is 26.4 Å². The van der Waals surface area contributed by atoms with Gasteiger partial charge in [0.15, 0.2) is 5.82 Å². The summed E-state index contributed by atoms with van der Waals surface area (Å²) in [5, 5.41) is 3.98. The van der Waals surface area contributed by atoms with Crippen LogP contribution in [0.1, 0.15) is 17.3 Å². The summed E-state index contributed by atoms with van der Waals surface area (Å²) < 4.78 is 5.24. The molecule has 0 bridgehead atoms. The second-order valence-corrected chi connectivity index (χ2v) is 4.90. The van der Waals surface area contributed by atoms with E-state index < -0.39 is 0 Å². The van der Waals surface area contributed by atoms with Crippen molar-refractivity contribution < 1.29 is 4.52 Å². The minimum absolute atomic E-state index is 0.700. The van der Waals surface area contributed by atoms with E-state index in [0.29, 0.717) is 5.89 Å². The van der Waals surface area contributed by atoms with E-state index in [1.165, 1.54) is 5.56 Å². The standard InChI is InChI=1S/C14H20N4O/c1-18(2)10-9-13-16-14(19-17-13)8-5-11-3-6-12(15)7-4-11/h3-4,6-7H,5,8-10,15H2,1-2H3. The molecule has 0 atom stereocenters. The molecule has 0 aliphatic carbocycles. The maximum atomic E-state index is 5.65. The van der Waals surface area contributed by atoms with E-state index in [-0.39, 0.29) is 0 Å². The van der Waals surface area contributed by atoms with Crippen LogP contribution in [0.2, 0.25) is 0 Å². The Hall–Kier alpha value is -1.88. The van der Waals surface area contributed by atoms with Gasteiger partial charge in [0.1, 0.15) is 0 Å². The topological polar surface area (TPSA) is 68.2 Å². The third-order valence-electron chi connectivity index (χ3n) is 2.90. The molecule has 1 heterocycles. The lowest BCUT2D eigenvalue weighted by molar-refractivity contribution is 0.365. The second-order valence-electron chi connectivity index (χ2n) is 4.90. The molecule has 0 saturated heterocycles. The average Bonchev–Trinajstić information content (AvgIpc) is 2.84. The highest BCUT2D eigenvalue weighted by Gasteiger charge is 2.06. The third kappa shape index (κ3) is 4.37. The molecular formula is C14H20N4O. The van der Waals surface area contributed by atoms with Gasteiger partial charge in [-0.05, 0) is 38.2 Å². The van der Waals surface area contributed by atoms with E-state index in [0.717, 1.165) is 37.3 Å². The van der Waals surface area contributed by atoms with Crippen LogP contribution in [0, 0.1) is 0 Å². The van der Waals surface area contributed by atoms with Crippen molar-refractivity contribution in [1.82, 2.24) is 15.0 Å². The maximum absolute atomic E-state index is 5.65. The van der Waals surface area contributed by atoms with Gasteiger partial charge < -0.3 is 15.2 Å². The number of hydrogen-bond acceptors (Lipinski definition) is 5. The number of nitrogen functional groups attached to an aromatic ring is 1. The molecular weight excluding hydrogens is 240 g/mol. The average molecular weight is 260 g/mol. The fourth-order valence-electron chi connectivity index (χ4n) is 1.75. The quantitative estimate of drug-likeness (QED) is 0.798. The number of nitrogens with zero attached hydrogens (tertiary/aromatic N) is 3. The Morgan fingerprint density at radius 2 is 1.84 bits per heavy atom. The van der Waals surface area contributed by atoms with Crippen LogP contribution < -0.4 is 5.73 Å². The number of aryl methyl sites for hydroxylation is 2. The molecule has 1 aromatic carbocycles. The molecule has 2 rings (SSSR count). The first kappa shape index (κ1) is 13.5. The molecule has 102 valence electrons. The predicted octanol–water partition coefficient (Wildman–Crippen LogP) is 1.54. The first-order valence-corrected chi connectivity index (χ1v) is 6.44. The summed E-state index contributed by atoms with van der Waals surface area (Å²) in [6, 6.07) is 7.87. The lowest BCUT2D eigenvalue weighted by Gasteiger charge is -2.05. The van der Waals surface area contributed by atoms with Gasteiger partial charge in [0, 0.05) is 25.1 Å². The smallest absolute Gasteiger partial charge is 0.226 e. The predicted molar refractivity (Wildman–Crippen MR) is 74.8 cm³/mol. The van der Waals surface area contributed by atoms with Crippen molar-refractivity contribution in [2.24, 2.45) is 0 Å². The van der Waals surface area contributed by atoms with Crippen LogP contribution in [0.5, 0.6) is 0 Å². The molecule has 5 nitrogen and oxygen atoms in total. The lowest BCUT2D eigenvalue weighted by Crippen LogP contribution is -2.15. The summed E-state index contributed by atoms with van der Waals surface area (Å²) >= 11 is 0. The Balaban J connectivity index is 1.84. The Labute approximate surface area is 113 Å². The van der Waals surface area contributed by atoms with Crippen molar-refractivity contribution in [3.05, 3.63) is 41.5 Å². The van der Waals surface area contributed by atoms with Gasteiger partial charge in [-0.3, -0.25) is 0 Å². The zero-order chi connectivity index (χ0) is 13.7. The lowest BCUT2D eigenvalue weighted by atomic mass is 10.1. The van der Waals surface area contributed by atoms with Crippen LogP contribution in [-0.2, 0) is 19.3 Å². The van der Waals surface area contributed by atoms with Crippen LogP contribution in [0.3, 0.4) is 0 Å². The highest BCUT2D eigenvalue weighted by molar-refractivity contribution is 5.39. The molecule has 0 amide bonds. The molecule has 0 aliphatic heterocycles. The summed E-state index contributed by atoms with van der Waals surface area (Å²) in [6.07, 6.45) is 2.47. The number of anilines is 1. The van der Waals surface area contributed by atoms with Crippen LogP contribution in [0.25, 0.3) is 0 Å². The van der Waals surface area contributed by atoms with Crippen molar-refractivity contribution in [1.29, 1.82) is 0 Å². The molecule has 2 aromatic rings. The van der Waals surface area contributed by atoms with Crippen LogP contribution in [0.4, 0.5) is 5.69 Å². The fourth-order valence-corrected chi connectivity index (χ4v) is 1.75. The Morgan fingerprint density at radius 1 is 1.11 bits per heavy atom. The number of aromatic nitrogens is 2. The van der Waals surface area contributed by atoms with Crippen molar-refractivity contribution in [3.63, 3.8) is 0 Å². The van der Waals surface area contributed by atoms with Crippen molar-refractivity contribution >= 4 is 5.69 Å². The molecule has 0 unspecified atom stereocenters. The monoisotopic (exact) mass is 260 g/mol. The SMILES string of the molecule is CN(C)CCc1noc(CCc2ccc(N)cc2)n1. The normalized spacial score (nSPS) is 11.1. The molecule has 1 aromatic heterocycles. The molecule has 5 heteroatoms. The van der Waals surface area contributed by atoms with Crippen LogP contribution in [-0.4, -0.2) is 35.7 Å². The van der Waals surface area contributed by atoms with E-state index in [9.17, 15) is 0 Å². The van der Waals surface area contributed by atoms with Gasteiger partial charge in [-0.1, -0.05) is 17.3 Å². The summed E-state index contributed by atoms with van der Waals surface area (Å²) in [6.45, 7) is 0.928. The van der Waals surface area contributed by atoms with Gasteiger partial charge in [-0.15, -0.1) is 0 Å². The minimum Gasteiger partial charge on any atom is -0.399 e. The Morgan fingerprint density at radius 3 is 2.53 bits per heavy atom. The number of hydrogen-bond donors (Lipinski definition) is 1. The molecule has 0 radical (unpaired) electrons. The van der Waals surface area contributed by atoms with Gasteiger partial charge in [0.2, 0.25) is 5.89 Å². The first-order chi connectivity index (χ1) is 9.13. The summed E-state index contributed by atoms with van der Waals surface area (Å²) in [4.78, 5) is 6.49.